The fourth-order valence-electron chi connectivity index (χ4n) is 2.34. The van der Waals surface area contributed by atoms with E-state index in [-0.39, 0.29) is 0 Å². The van der Waals surface area contributed by atoms with Gasteiger partial charge in [0, 0.05) is 31.6 Å². The van der Waals surface area contributed by atoms with Gasteiger partial charge in [-0.2, -0.15) is 4.98 Å². The summed E-state index contributed by atoms with van der Waals surface area (Å²) in [5.41, 5.74) is 0. The number of nitrogens with one attached hydrogen (secondary N) is 1. The highest BCUT2D eigenvalue weighted by Gasteiger charge is 2.22. The average molecular weight is 238 g/mol. The first-order valence-corrected chi connectivity index (χ1v) is 6.41. The minimum Gasteiger partial charge on any atom is -0.339 e. The molecule has 1 aromatic heterocycles. The van der Waals surface area contributed by atoms with Gasteiger partial charge in [-0.15, -0.1) is 0 Å². The molecule has 1 aromatic rings. The molecule has 1 unspecified atom stereocenters. The lowest BCUT2D eigenvalue weighted by atomic mass is 10.2. The largest absolute Gasteiger partial charge is 0.339 e. The number of aromatic nitrogens is 2. The fraction of sp³-hybridized carbons (Fsp3) is 0.833. The summed E-state index contributed by atoms with van der Waals surface area (Å²) in [4.78, 5) is 6.68. The molecule has 1 atom stereocenters. The molecule has 0 saturated carbocycles. The van der Waals surface area contributed by atoms with E-state index in [9.17, 15) is 0 Å². The van der Waals surface area contributed by atoms with Gasteiger partial charge in [0.2, 0.25) is 5.89 Å². The lowest BCUT2D eigenvalue weighted by Gasteiger charge is -2.17. The number of hydrogen-bond donors (Lipinski definition) is 1. The van der Waals surface area contributed by atoms with E-state index in [2.05, 4.69) is 34.2 Å². The Morgan fingerprint density at radius 1 is 1.53 bits per heavy atom. The first-order valence-electron chi connectivity index (χ1n) is 6.41. The van der Waals surface area contributed by atoms with Gasteiger partial charge in [-0.1, -0.05) is 19.0 Å². The monoisotopic (exact) mass is 238 g/mol. The van der Waals surface area contributed by atoms with E-state index < -0.39 is 0 Å². The molecule has 0 bridgehead atoms. The van der Waals surface area contributed by atoms with E-state index in [4.69, 9.17) is 4.52 Å². The van der Waals surface area contributed by atoms with E-state index in [1.807, 2.05) is 6.92 Å². The molecule has 2 rings (SSSR count). The van der Waals surface area contributed by atoms with Crippen LogP contribution in [0.4, 0.5) is 0 Å². The smallest absolute Gasteiger partial charge is 0.227 e. The summed E-state index contributed by atoms with van der Waals surface area (Å²) in [7, 11) is 0. The molecule has 0 amide bonds. The van der Waals surface area contributed by atoms with Crippen molar-refractivity contribution in [3.63, 3.8) is 0 Å². The Morgan fingerprint density at radius 2 is 2.35 bits per heavy atom. The first kappa shape index (κ1) is 12.5. The van der Waals surface area contributed by atoms with Gasteiger partial charge in [0.15, 0.2) is 5.82 Å². The number of hydrogen-bond acceptors (Lipinski definition) is 5. The van der Waals surface area contributed by atoms with Gasteiger partial charge >= 0.3 is 0 Å². The van der Waals surface area contributed by atoms with E-state index in [1.165, 1.54) is 6.42 Å². The normalized spacial score (nSPS) is 21.5. The van der Waals surface area contributed by atoms with Gasteiger partial charge in [-0.3, -0.25) is 0 Å². The maximum Gasteiger partial charge on any atom is 0.227 e. The van der Waals surface area contributed by atoms with Crippen LogP contribution < -0.4 is 5.32 Å². The van der Waals surface area contributed by atoms with Crippen LogP contribution in [0.5, 0.6) is 0 Å². The van der Waals surface area contributed by atoms with Gasteiger partial charge in [0.05, 0.1) is 0 Å². The summed E-state index contributed by atoms with van der Waals surface area (Å²) in [6, 6.07) is 1.21. The Hall–Kier alpha value is -0.940. The van der Waals surface area contributed by atoms with Gasteiger partial charge in [0.25, 0.3) is 0 Å². The third kappa shape index (κ3) is 3.78. The highest BCUT2D eigenvalue weighted by atomic mass is 16.5. The number of aryl methyl sites for hydroxylation is 1. The zero-order chi connectivity index (χ0) is 12.3. The first-order chi connectivity index (χ1) is 8.13. The Morgan fingerprint density at radius 3 is 3.00 bits per heavy atom. The molecule has 5 nitrogen and oxygen atoms in total. The zero-order valence-electron chi connectivity index (χ0n) is 10.9. The molecule has 2 heterocycles. The Balaban J connectivity index is 1.71. The Bertz CT molecular complexity index is 350. The Kier molecular flexibility index (Phi) is 4.12. The molecular weight excluding hydrogens is 216 g/mol. The van der Waals surface area contributed by atoms with Gasteiger partial charge < -0.3 is 14.7 Å². The summed E-state index contributed by atoms with van der Waals surface area (Å²) >= 11 is 0. The molecule has 1 saturated heterocycles. The second kappa shape index (κ2) is 5.60. The predicted molar refractivity (Wildman–Crippen MR) is 65.9 cm³/mol. The van der Waals surface area contributed by atoms with Gasteiger partial charge in [-0.05, 0) is 19.9 Å². The lowest BCUT2D eigenvalue weighted by Crippen LogP contribution is -2.37. The van der Waals surface area contributed by atoms with Crippen LogP contribution in [0.2, 0.25) is 0 Å². The van der Waals surface area contributed by atoms with Crippen molar-refractivity contribution < 1.29 is 4.52 Å². The topological polar surface area (TPSA) is 54.2 Å². The third-order valence-electron chi connectivity index (χ3n) is 3.05. The molecular formula is C12H22N4O. The molecule has 96 valence electrons. The van der Waals surface area contributed by atoms with E-state index >= 15 is 0 Å². The second-order valence-electron chi connectivity index (χ2n) is 5.09. The molecule has 1 fully saturated rings. The van der Waals surface area contributed by atoms with Crippen LogP contribution in [-0.2, 0) is 6.42 Å². The third-order valence-corrected chi connectivity index (χ3v) is 3.05. The average Bonchev–Trinajstić information content (AvgIpc) is 2.84. The highest BCUT2D eigenvalue weighted by Crippen LogP contribution is 2.10. The number of rotatable bonds is 5. The van der Waals surface area contributed by atoms with Crippen molar-refractivity contribution in [2.24, 2.45) is 0 Å². The van der Waals surface area contributed by atoms with E-state index in [0.717, 1.165) is 37.8 Å². The van der Waals surface area contributed by atoms with Crippen LogP contribution in [0.1, 0.15) is 32.0 Å². The summed E-state index contributed by atoms with van der Waals surface area (Å²) in [6.45, 7) is 9.56. The Labute approximate surface area is 103 Å². The summed E-state index contributed by atoms with van der Waals surface area (Å²) in [6.07, 6.45) is 2.09. The van der Waals surface area contributed by atoms with Crippen LogP contribution >= 0.6 is 0 Å². The van der Waals surface area contributed by atoms with E-state index in [0.29, 0.717) is 12.1 Å². The lowest BCUT2D eigenvalue weighted by molar-refractivity contribution is 0.302. The maximum absolute atomic E-state index is 5.11. The van der Waals surface area contributed by atoms with Crippen molar-refractivity contribution in [3.8, 4) is 0 Å². The van der Waals surface area contributed by atoms with Crippen LogP contribution in [0, 0.1) is 6.92 Å². The van der Waals surface area contributed by atoms with Crippen molar-refractivity contribution in [3.05, 3.63) is 11.7 Å². The highest BCUT2D eigenvalue weighted by molar-refractivity contribution is 4.87. The fourth-order valence-corrected chi connectivity index (χ4v) is 2.34. The van der Waals surface area contributed by atoms with Crippen molar-refractivity contribution >= 4 is 0 Å². The minimum absolute atomic E-state index is 0.568. The van der Waals surface area contributed by atoms with Crippen LogP contribution in [0.25, 0.3) is 0 Å². The van der Waals surface area contributed by atoms with Crippen molar-refractivity contribution in [1.82, 2.24) is 20.4 Å². The quantitative estimate of drug-likeness (QED) is 0.829. The molecule has 0 radical (unpaired) electrons. The molecule has 0 aromatic carbocycles. The van der Waals surface area contributed by atoms with Crippen LogP contribution in [-0.4, -0.2) is 46.8 Å². The molecule has 1 N–H and O–H groups in total. The SMILES string of the molecule is Cc1noc(CCN2CCC(NC(C)C)C2)n1. The molecule has 17 heavy (non-hydrogen) atoms. The molecule has 1 aliphatic rings. The van der Waals surface area contributed by atoms with E-state index in [1.54, 1.807) is 0 Å². The summed E-state index contributed by atoms with van der Waals surface area (Å²) in [5.74, 6) is 1.48. The second-order valence-corrected chi connectivity index (χ2v) is 5.09. The number of likely N-dealkylation sites (tertiary alicyclic amines) is 1. The molecule has 0 spiro atoms. The zero-order valence-corrected chi connectivity index (χ0v) is 10.9. The van der Waals surface area contributed by atoms with Crippen LogP contribution in [0.3, 0.4) is 0 Å². The van der Waals surface area contributed by atoms with Crippen molar-refractivity contribution in [1.29, 1.82) is 0 Å². The van der Waals surface area contributed by atoms with Gasteiger partial charge in [0.1, 0.15) is 0 Å². The minimum atomic E-state index is 0.568. The predicted octanol–water partition coefficient (Wildman–Crippen LogP) is 0.993. The molecule has 1 aliphatic heterocycles. The van der Waals surface area contributed by atoms with Gasteiger partial charge in [-0.25, -0.2) is 0 Å². The molecule has 5 heteroatoms. The maximum atomic E-state index is 5.11. The molecule has 0 aliphatic carbocycles. The number of nitrogens with zero attached hydrogens (tertiary/aromatic N) is 3. The van der Waals surface area contributed by atoms with Crippen molar-refractivity contribution in [2.75, 3.05) is 19.6 Å². The standard InChI is InChI=1S/C12H22N4O/c1-9(2)13-11-4-6-16(8-11)7-5-12-14-10(3)15-17-12/h9,11,13H,4-8H2,1-3H3. The van der Waals surface area contributed by atoms with Crippen molar-refractivity contribution in [2.45, 2.75) is 45.7 Å². The summed E-state index contributed by atoms with van der Waals surface area (Å²) < 4.78 is 5.11. The van der Waals surface area contributed by atoms with Crippen LogP contribution in [0.15, 0.2) is 4.52 Å². The summed E-state index contributed by atoms with van der Waals surface area (Å²) in [5, 5.41) is 7.38.